The largest absolute Gasteiger partial charge is 0.343 e. The van der Waals surface area contributed by atoms with Gasteiger partial charge in [-0.15, -0.1) is 24.0 Å². The molecule has 2 aliphatic heterocycles. The van der Waals surface area contributed by atoms with Gasteiger partial charge in [-0.2, -0.15) is 0 Å². The van der Waals surface area contributed by atoms with Gasteiger partial charge < -0.3 is 14.8 Å². The summed E-state index contributed by atoms with van der Waals surface area (Å²) >= 11 is 0. The highest BCUT2D eigenvalue weighted by molar-refractivity contribution is 14.0. The molecular formula is C21H30IN5. The predicted octanol–water partition coefficient (Wildman–Crippen LogP) is 4.33. The van der Waals surface area contributed by atoms with Gasteiger partial charge in [-0.3, -0.25) is 4.99 Å². The summed E-state index contributed by atoms with van der Waals surface area (Å²) in [5.41, 5.74) is 2.29. The first kappa shape index (κ1) is 20.2. The highest BCUT2D eigenvalue weighted by Crippen LogP contribution is 2.16. The third-order valence-corrected chi connectivity index (χ3v) is 5.27. The molecule has 2 aliphatic rings. The second-order valence-corrected chi connectivity index (χ2v) is 7.29. The minimum Gasteiger partial charge on any atom is -0.343 e. The smallest absolute Gasteiger partial charge is 0.198 e. The first-order valence-corrected chi connectivity index (χ1v) is 10.0. The molecule has 3 heterocycles. The van der Waals surface area contributed by atoms with Gasteiger partial charge in [-0.05, 0) is 44.2 Å². The molecule has 0 spiro atoms. The number of benzene rings is 1. The maximum Gasteiger partial charge on any atom is 0.198 e. The zero-order chi connectivity index (χ0) is 17.6. The molecule has 1 aromatic carbocycles. The minimum absolute atomic E-state index is 0. The molecular weight excluding hydrogens is 449 g/mol. The second kappa shape index (κ2) is 10.1. The number of hydrogen-bond donors (Lipinski definition) is 1. The first-order valence-electron chi connectivity index (χ1n) is 10.0. The molecule has 1 saturated heterocycles. The maximum absolute atomic E-state index is 4.93. The first-order chi connectivity index (χ1) is 12.9. The number of rotatable bonds is 4. The number of aromatic nitrogens is 2. The van der Waals surface area contributed by atoms with Gasteiger partial charge in [0.25, 0.3) is 0 Å². The molecule has 1 fully saturated rings. The van der Waals surface area contributed by atoms with E-state index in [4.69, 9.17) is 9.98 Å². The van der Waals surface area contributed by atoms with Crippen LogP contribution in [0, 0.1) is 0 Å². The summed E-state index contributed by atoms with van der Waals surface area (Å²) in [4.78, 5) is 12.1. The zero-order valence-electron chi connectivity index (χ0n) is 15.9. The number of imidazole rings is 1. The Morgan fingerprint density at radius 2 is 1.78 bits per heavy atom. The van der Waals surface area contributed by atoms with E-state index in [0.717, 1.165) is 50.7 Å². The molecule has 0 radical (unpaired) electrons. The molecule has 0 amide bonds. The molecule has 0 aliphatic carbocycles. The van der Waals surface area contributed by atoms with Crippen molar-refractivity contribution in [1.82, 2.24) is 14.5 Å². The Bertz CT molecular complexity index is 711. The SMILES string of the molecule is I.c1ccc(NC(=NCCc2cn3c(n2)CCCC3)N2CCCCC2)cc1. The van der Waals surface area contributed by atoms with E-state index < -0.39 is 0 Å². The molecule has 2 aromatic rings. The van der Waals surface area contributed by atoms with E-state index in [1.807, 2.05) is 6.07 Å². The van der Waals surface area contributed by atoms with Crippen LogP contribution in [0.4, 0.5) is 5.69 Å². The van der Waals surface area contributed by atoms with E-state index in [-0.39, 0.29) is 24.0 Å². The number of fused-ring (bicyclic) bond motifs is 1. The number of aliphatic imine (C=N–C) groups is 1. The Balaban J connectivity index is 0.00000210. The fourth-order valence-corrected chi connectivity index (χ4v) is 3.84. The average Bonchev–Trinajstić information content (AvgIpc) is 3.11. The Morgan fingerprint density at radius 3 is 2.56 bits per heavy atom. The lowest BCUT2D eigenvalue weighted by Gasteiger charge is -2.30. The van der Waals surface area contributed by atoms with Crippen LogP contribution in [0.1, 0.15) is 43.6 Å². The van der Waals surface area contributed by atoms with Gasteiger partial charge in [0.1, 0.15) is 5.82 Å². The molecule has 146 valence electrons. The summed E-state index contributed by atoms with van der Waals surface area (Å²) in [5, 5.41) is 3.53. The lowest BCUT2D eigenvalue weighted by molar-refractivity contribution is 0.340. The highest BCUT2D eigenvalue weighted by Gasteiger charge is 2.15. The van der Waals surface area contributed by atoms with Gasteiger partial charge >= 0.3 is 0 Å². The Labute approximate surface area is 179 Å². The van der Waals surface area contributed by atoms with Crippen LogP contribution in [0.5, 0.6) is 0 Å². The van der Waals surface area contributed by atoms with Crippen molar-refractivity contribution >= 4 is 35.6 Å². The summed E-state index contributed by atoms with van der Waals surface area (Å²) in [7, 11) is 0. The van der Waals surface area contributed by atoms with Crippen molar-refractivity contribution in [2.75, 3.05) is 25.0 Å². The van der Waals surface area contributed by atoms with Crippen molar-refractivity contribution in [1.29, 1.82) is 0 Å². The fraction of sp³-hybridized carbons (Fsp3) is 0.524. The maximum atomic E-state index is 4.93. The van der Waals surface area contributed by atoms with Crippen LogP contribution in [-0.4, -0.2) is 40.0 Å². The molecule has 1 N–H and O–H groups in total. The molecule has 6 heteroatoms. The van der Waals surface area contributed by atoms with Crippen LogP contribution < -0.4 is 5.32 Å². The van der Waals surface area contributed by atoms with Crippen LogP contribution in [0.2, 0.25) is 0 Å². The van der Waals surface area contributed by atoms with E-state index in [9.17, 15) is 0 Å². The molecule has 0 unspecified atom stereocenters. The number of piperidine rings is 1. The summed E-state index contributed by atoms with van der Waals surface area (Å²) < 4.78 is 2.33. The Hall–Kier alpha value is -1.57. The van der Waals surface area contributed by atoms with Gasteiger partial charge in [-0.25, -0.2) is 4.98 Å². The number of para-hydroxylation sites is 1. The van der Waals surface area contributed by atoms with Gasteiger partial charge in [0.2, 0.25) is 0 Å². The number of aryl methyl sites for hydroxylation is 2. The molecule has 4 rings (SSSR count). The summed E-state index contributed by atoms with van der Waals surface area (Å²) in [5.74, 6) is 2.27. The van der Waals surface area contributed by atoms with Crippen LogP contribution in [0.15, 0.2) is 41.5 Å². The molecule has 0 atom stereocenters. The van der Waals surface area contributed by atoms with Crippen molar-refractivity contribution in [2.24, 2.45) is 4.99 Å². The predicted molar refractivity (Wildman–Crippen MR) is 122 cm³/mol. The van der Waals surface area contributed by atoms with E-state index in [2.05, 4.69) is 45.2 Å². The Morgan fingerprint density at radius 1 is 1.00 bits per heavy atom. The monoisotopic (exact) mass is 479 g/mol. The topological polar surface area (TPSA) is 45.5 Å². The van der Waals surface area contributed by atoms with Crippen molar-refractivity contribution < 1.29 is 0 Å². The van der Waals surface area contributed by atoms with E-state index in [0.29, 0.717) is 0 Å². The Kier molecular flexibility index (Phi) is 7.55. The molecule has 0 bridgehead atoms. The molecule has 5 nitrogen and oxygen atoms in total. The fourth-order valence-electron chi connectivity index (χ4n) is 3.84. The van der Waals surface area contributed by atoms with Crippen molar-refractivity contribution in [2.45, 2.75) is 51.5 Å². The highest BCUT2D eigenvalue weighted by atomic mass is 127. The lowest BCUT2D eigenvalue weighted by Crippen LogP contribution is -2.40. The number of guanidine groups is 1. The van der Waals surface area contributed by atoms with E-state index >= 15 is 0 Å². The van der Waals surface area contributed by atoms with E-state index in [1.54, 1.807) is 0 Å². The van der Waals surface area contributed by atoms with Crippen molar-refractivity contribution in [3.63, 3.8) is 0 Å². The number of anilines is 1. The normalized spacial score (nSPS) is 17.2. The van der Waals surface area contributed by atoms with Crippen LogP contribution in [-0.2, 0) is 19.4 Å². The molecule has 27 heavy (non-hydrogen) atoms. The molecule has 1 aromatic heterocycles. The van der Waals surface area contributed by atoms with Crippen LogP contribution in [0.3, 0.4) is 0 Å². The van der Waals surface area contributed by atoms with Gasteiger partial charge in [0, 0.05) is 50.9 Å². The number of halogens is 1. The third-order valence-electron chi connectivity index (χ3n) is 5.27. The van der Waals surface area contributed by atoms with Crippen LogP contribution in [0.25, 0.3) is 0 Å². The zero-order valence-corrected chi connectivity index (χ0v) is 18.3. The van der Waals surface area contributed by atoms with Gasteiger partial charge in [0.05, 0.1) is 5.69 Å². The average molecular weight is 479 g/mol. The minimum atomic E-state index is 0. The summed E-state index contributed by atoms with van der Waals surface area (Å²) in [6, 6.07) is 10.4. The summed E-state index contributed by atoms with van der Waals surface area (Å²) in [6.45, 7) is 4.09. The van der Waals surface area contributed by atoms with E-state index in [1.165, 1.54) is 43.6 Å². The van der Waals surface area contributed by atoms with Gasteiger partial charge in [0.15, 0.2) is 5.96 Å². The second-order valence-electron chi connectivity index (χ2n) is 7.29. The number of nitrogens with zero attached hydrogens (tertiary/aromatic N) is 4. The molecule has 0 saturated carbocycles. The number of likely N-dealkylation sites (tertiary alicyclic amines) is 1. The third kappa shape index (κ3) is 5.46. The summed E-state index contributed by atoms with van der Waals surface area (Å²) in [6.07, 6.45) is 10.7. The van der Waals surface area contributed by atoms with Crippen LogP contribution >= 0.6 is 24.0 Å². The van der Waals surface area contributed by atoms with Crippen molar-refractivity contribution in [3.8, 4) is 0 Å². The van der Waals surface area contributed by atoms with Crippen molar-refractivity contribution in [3.05, 3.63) is 48.0 Å². The lowest BCUT2D eigenvalue weighted by atomic mass is 10.1. The number of hydrogen-bond acceptors (Lipinski definition) is 2. The number of nitrogens with one attached hydrogen (secondary N) is 1. The quantitative estimate of drug-likeness (QED) is 0.404. The standard InChI is InChI=1S/C21H29N5.HI/c1-3-9-18(10-4-1)24-21(25-14-6-2-7-15-25)22-13-12-19-17-26-16-8-5-11-20(26)23-19;/h1,3-4,9-10,17H,2,5-8,11-16H2,(H,22,24);1H. The van der Waals surface area contributed by atoms with Gasteiger partial charge in [-0.1, -0.05) is 18.2 Å².